The molecule has 21 heavy (non-hydrogen) atoms. The number of anilines is 2. The normalized spacial score (nSPS) is 14.5. The number of nitrogens with zero attached hydrogens (tertiary/aromatic N) is 2. The van der Waals surface area contributed by atoms with Crippen LogP contribution < -0.4 is 11.1 Å². The van der Waals surface area contributed by atoms with Crippen molar-refractivity contribution in [1.29, 1.82) is 0 Å². The first-order chi connectivity index (χ1) is 10.2. The second-order valence-corrected chi connectivity index (χ2v) is 6.76. The monoisotopic (exact) mass is 296 g/mol. The number of nitrogens with two attached hydrogens (primary N) is 1. The van der Waals surface area contributed by atoms with Crippen LogP contribution in [0.4, 0.5) is 11.8 Å². The molecular weight excluding hydrogens is 280 g/mol. The van der Waals surface area contributed by atoms with Crippen LogP contribution in [0, 0.1) is 6.92 Å². The van der Waals surface area contributed by atoms with E-state index in [9.17, 15) is 0 Å². The lowest BCUT2D eigenvalue weighted by Crippen LogP contribution is -2.20. The average Bonchev–Trinajstić information content (AvgIpc) is 3.00. The van der Waals surface area contributed by atoms with Gasteiger partial charge < -0.3 is 11.1 Å². The summed E-state index contributed by atoms with van der Waals surface area (Å²) in [7, 11) is 0. The van der Waals surface area contributed by atoms with Crippen molar-refractivity contribution in [3.63, 3.8) is 0 Å². The van der Waals surface area contributed by atoms with E-state index in [4.69, 9.17) is 5.73 Å². The number of rotatable bonds is 2. The van der Waals surface area contributed by atoms with Gasteiger partial charge in [0, 0.05) is 10.9 Å². The number of benzene rings is 1. The smallest absolute Gasteiger partial charge is 0.223 e. The van der Waals surface area contributed by atoms with Gasteiger partial charge in [0.2, 0.25) is 5.95 Å². The summed E-state index contributed by atoms with van der Waals surface area (Å²) >= 11 is 1.65. The molecule has 0 saturated heterocycles. The first kappa shape index (κ1) is 12.6. The van der Waals surface area contributed by atoms with E-state index in [-0.39, 0.29) is 0 Å². The first-order valence-electron chi connectivity index (χ1n) is 7.06. The molecule has 2 aromatic heterocycles. The minimum atomic E-state index is 0.336. The third kappa shape index (κ3) is 2.23. The summed E-state index contributed by atoms with van der Waals surface area (Å²) in [5.41, 5.74) is 8.69. The predicted octanol–water partition coefficient (Wildman–Crippen LogP) is 3.16. The minimum absolute atomic E-state index is 0.336. The first-order valence-corrected chi connectivity index (χ1v) is 7.87. The van der Waals surface area contributed by atoms with Gasteiger partial charge in [-0.2, -0.15) is 4.98 Å². The van der Waals surface area contributed by atoms with Crippen LogP contribution in [0.1, 0.15) is 16.0 Å². The fraction of sp³-hybridized carbons (Fsp3) is 0.250. The third-order valence-corrected chi connectivity index (χ3v) is 4.87. The van der Waals surface area contributed by atoms with Gasteiger partial charge in [0.25, 0.3) is 0 Å². The van der Waals surface area contributed by atoms with Crippen molar-refractivity contribution in [2.75, 3.05) is 11.1 Å². The molecule has 0 amide bonds. The lowest BCUT2D eigenvalue weighted by molar-refractivity contribution is 0.770. The topological polar surface area (TPSA) is 63.8 Å². The van der Waals surface area contributed by atoms with Gasteiger partial charge in [-0.1, -0.05) is 24.3 Å². The van der Waals surface area contributed by atoms with Gasteiger partial charge in [-0.05, 0) is 37.0 Å². The molecule has 0 aliphatic heterocycles. The Morgan fingerprint density at radius 3 is 2.62 bits per heavy atom. The molecule has 106 valence electrons. The zero-order valence-corrected chi connectivity index (χ0v) is 12.6. The predicted molar refractivity (Wildman–Crippen MR) is 87.8 cm³/mol. The second kappa shape index (κ2) is 4.70. The van der Waals surface area contributed by atoms with Crippen LogP contribution in [-0.2, 0) is 12.8 Å². The zero-order chi connectivity index (χ0) is 14.4. The number of nitrogen functional groups attached to an aromatic ring is 1. The Morgan fingerprint density at radius 2 is 1.90 bits per heavy atom. The van der Waals surface area contributed by atoms with E-state index in [0.717, 1.165) is 28.9 Å². The van der Waals surface area contributed by atoms with Gasteiger partial charge in [0.1, 0.15) is 10.6 Å². The number of nitrogens with one attached hydrogen (secondary N) is 1. The lowest BCUT2D eigenvalue weighted by Gasteiger charge is -2.13. The summed E-state index contributed by atoms with van der Waals surface area (Å²) in [5.74, 6) is 1.20. The van der Waals surface area contributed by atoms with Gasteiger partial charge in [-0.15, -0.1) is 11.3 Å². The Labute approximate surface area is 127 Å². The Bertz CT molecular complexity index is 799. The summed E-state index contributed by atoms with van der Waals surface area (Å²) in [6.45, 7) is 2.08. The Hall–Kier alpha value is -2.14. The number of aryl methyl sites for hydroxylation is 1. The molecule has 0 radical (unpaired) electrons. The van der Waals surface area contributed by atoms with E-state index in [0.29, 0.717) is 12.0 Å². The number of hydrogen-bond acceptors (Lipinski definition) is 5. The van der Waals surface area contributed by atoms with E-state index in [1.165, 1.54) is 16.0 Å². The maximum Gasteiger partial charge on any atom is 0.223 e. The van der Waals surface area contributed by atoms with Crippen LogP contribution in [-0.4, -0.2) is 16.0 Å². The van der Waals surface area contributed by atoms with Gasteiger partial charge >= 0.3 is 0 Å². The van der Waals surface area contributed by atoms with Crippen molar-refractivity contribution in [2.45, 2.75) is 25.8 Å². The maximum absolute atomic E-state index is 5.84. The molecule has 0 unspecified atom stereocenters. The van der Waals surface area contributed by atoms with Crippen LogP contribution in [0.3, 0.4) is 0 Å². The molecule has 3 aromatic rings. The van der Waals surface area contributed by atoms with Crippen molar-refractivity contribution in [1.82, 2.24) is 9.97 Å². The van der Waals surface area contributed by atoms with Crippen molar-refractivity contribution in [3.8, 4) is 0 Å². The number of hydrogen-bond donors (Lipinski definition) is 2. The molecule has 0 bridgehead atoms. The van der Waals surface area contributed by atoms with Gasteiger partial charge in [0.15, 0.2) is 0 Å². The Kier molecular flexibility index (Phi) is 2.82. The summed E-state index contributed by atoms with van der Waals surface area (Å²) in [6.07, 6.45) is 2.06. The van der Waals surface area contributed by atoms with E-state index in [1.54, 1.807) is 11.3 Å². The molecule has 4 rings (SSSR count). The second-order valence-electron chi connectivity index (χ2n) is 5.52. The molecule has 1 aliphatic carbocycles. The van der Waals surface area contributed by atoms with Crippen molar-refractivity contribution < 1.29 is 0 Å². The highest BCUT2D eigenvalue weighted by atomic mass is 32.1. The highest BCUT2D eigenvalue weighted by Gasteiger charge is 2.22. The quantitative estimate of drug-likeness (QED) is 0.762. The lowest BCUT2D eigenvalue weighted by atomic mass is 10.1. The molecule has 0 atom stereocenters. The third-order valence-electron chi connectivity index (χ3n) is 3.93. The summed E-state index contributed by atoms with van der Waals surface area (Å²) in [6, 6.07) is 11.1. The van der Waals surface area contributed by atoms with E-state index in [2.05, 4.69) is 52.5 Å². The molecule has 1 aromatic carbocycles. The van der Waals surface area contributed by atoms with E-state index >= 15 is 0 Å². The van der Waals surface area contributed by atoms with Crippen LogP contribution in [0.25, 0.3) is 10.2 Å². The molecule has 0 spiro atoms. The van der Waals surface area contributed by atoms with Crippen LogP contribution >= 0.6 is 11.3 Å². The highest BCUT2D eigenvalue weighted by molar-refractivity contribution is 7.18. The van der Waals surface area contributed by atoms with E-state index in [1.807, 2.05) is 0 Å². The minimum Gasteiger partial charge on any atom is -0.368 e. The van der Waals surface area contributed by atoms with Crippen molar-refractivity contribution in [2.24, 2.45) is 0 Å². The van der Waals surface area contributed by atoms with Gasteiger partial charge in [-0.3, -0.25) is 0 Å². The zero-order valence-electron chi connectivity index (χ0n) is 11.8. The molecule has 1 aliphatic rings. The molecule has 0 saturated carbocycles. The van der Waals surface area contributed by atoms with Crippen molar-refractivity contribution in [3.05, 3.63) is 46.3 Å². The largest absolute Gasteiger partial charge is 0.368 e. The average molecular weight is 296 g/mol. The molecule has 4 nitrogen and oxygen atoms in total. The molecule has 3 N–H and O–H groups in total. The molecular formula is C16H16N4S. The maximum atomic E-state index is 5.84. The van der Waals surface area contributed by atoms with Crippen LogP contribution in [0.15, 0.2) is 30.3 Å². The fourth-order valence-electron chi connectivity index (χ4n) is 3.02. The van der Waals surface area contributed by atoms with Gasteiger partial charge in [0.05, 0.1) is 5.39 Å². The fourth-order valence-corrected chi connectivity index (χ4v) is 3.91. The molecule has 5 heteroatoms. The summed E-state index contributed by atoms with van der Waals surface area (Å²) in [4.78, 5) is 10.9. The molecule has 2 heterocycles. The Morgan fingerprint density at radius 1 is 1.19 bits per heavy atom. The number of thiophene rings is 1. The Balaban J connectivity index is 1.67. The van der Waals surface area contributed by atoms with Crippen LogP contribution in [0.2, 0.25) is 0 Å². The summed E-state index contributed by atoms with van der Waals surface area (Å²) in [5, 5.41) is 4.63. The number of fused-ring (bicyclic) bond motifs is 2. The van der Waals surface area contributed by atoms with E-state index < -0.39 is 0 Å². The standard InChI is InChI=1S/C16H16N4S/c1-9-6-13-14(19-16(17)20-15(13)21-9)18-12-7-10-4-2-3-5-11(10)8-12/h2-6,12H,7-8H2,1H3,(H3,17,18,19,20). The molecule has 0 fully saturated rings. The van der Waals surface area contributed by atoms with Gasteiger partial charge in [-0.25, -0.2) is 4.98 Å². The highest BCUT2D eigenvalue weighted by Crippen LogP contribution is 2.31. The summed E-state index contributed by atoms with van der Waals surface area (Å²) < 4.78 is 0. The number of aromatic nitrogens is 2. The SMILES string of the molecule is Cc1cc2c(NC3Cc4ccccc4C3)nc(N)nc2s1. The van der Waals surface area contributed by atoms with Crippen molar-refractivity contribution >= 4 is 33.3 Å². The van der Waals surface area contributed by atoms with Crippen LogP contribution in [0.5, 0.6) is 0 Å².